The zero-order valence-electron chi connectivity index (χ0n) is 10.4. The summed E-state index contributed by atoms with van der Waals surface area (Å²) in [6, 6.07) is 3.97. The highest BCUT2D eigenvalue weighted by Crippen LogP contribution is 2.39. The van der Waals surface area contributed by atoms with Crippen molar-refractivity contribution in [1.29, 1.82) is 0 Å². The van der Waals surface area contributed by atoms with E-state index in [0.717, 1.165) is 34.4 Å². The molecule has 0 radical (unpaired) electrons. The Labute approximate surface area is 115 Å². The minimum atomic E-state index is -0.271. The summed E-state index contributed by atoms with van der Waals surface area (Å²) >= 11 is 3.46. The molecule has 5 heteroatoms. The monoisotopic (exact) mass is 315 g/mol. The molecule has 0 saturated carbocycles. The second-order valence-electron chi connectivity index (χ2n) is 4.38. The van der Waals surface area contributed by atoms with E-state index in [4.69, 9.17) is 9.47 Å². The predicted molar refractivity (Wildman–Crippen MR) is 72.9 cm³/mol. The van der Waals surface area contributed by atoms with Crippen LogP contribution in [0.4, 0.5) is 0 Å². The lowest BCUT2D eigenvalue weighted by atomic mass is 10.2. The summed E-state index contributed by atoms with van der Waals surface area (Å²) < 4.78 is 11.6. The Morgan fingerprint density at radius 2 is 2.28 bits per heavy atom. The third-order valence-corrected chi connectivity index (χ3v) is 3.41. The van der Waals surface area contributed by atoms with Crippen molar-refractivity contribution in [2.24, 2.45) is 0 Å². The minimum absolute atomic E-state index is 0.271. The van der Waals surface area contributed by atoms with Crippen molar-refractivity contribution in [2.75, 3.05) is 13.3 Å². The molecule has 0 aromatic heterocycles. The molecule has 0 spiro atoms. The van der Waals surface area contributed by atoms with Crippen LogP contribution in [-0.2, 0) is 6.54 Å². The number of aliphatic hydroxyl groups is 1. The minimum Gasteiger partial charge on any atom is -0.454 e. The van der Waals surface area contributed by atoms with Gasteiger partial charge in [0, 0.05) is 13.1 Å². The number of hydrogen-bond acceptors (Lipinski definition) is 4. The molecule has 18 heavy (non-hydrogen) atoms. The van der Waals surface area contributed by atoms with Gasteiger partial charge in [-0.2, -0.15) is 0 Å². The summed E-state index contributed by atoms with van der Waals surface area (Å²) in [4.78, 5) is 0. The van der Waals surface area contributed by atoms with Crippen molar-refractivity contribution in [2.45, 2.75) is 32.4 Å². The number of halogens is 1. The van der Waals surface area contributed by atoms with Gasteiger partial charge < -0.3 is 19.9 Å². The second kappa shape index (κ2) is 6.41. The summed E-state index contributed by atoms with van der Waals surface area (Å²) in [6.45, 7) is 3.66. The van der Waals surface area contributed by atoms with Gasteiger partial charge in [0.15, 0.2) is 11.5 Å². The van der Waals surface area contributed by atoms with Crippen molar-refractivity contribution in [3.63, 3.8) is 0 Å². The van der Waals surface area contributed by atoms with Crippen LogP contribution in [0.5, 0.6) is 11.5 Å². The lowest BCUT2D eigenvalue weighted by Crippen LogP contribution is -2.26. The third-order valence-electron chi connectivity index (χ3n) is 2.82. The number of fused-ring (bicyclic) bond motifs is 1. The van der Waals surface area contributed by atoms with Gasteiger partial charge in [0.2, 0.25) is 6.79 Å². The molecule has 1 aliphatic heterocycles. The van der Waals surface area contributed by atoms with E-state index in [1.807, 2.05) is 12.1 Å². The summed E-state index contributed by atoms with van der Waals surface area (Å²) in [5, 5.41) is 12.9. The van der Waals surface area contributed by atoms with Crippen molar-refractivity contribution < 1.29 is 14.6 Å². The van der Waals surface area contributed by atoms with Crippen LogP contribution in [-0.4, -0.2) is 24.5 Å². The van der Waals surface area contributed by atoms with E-state index < -0.39 is 0 Å². The maximum Gasteiger partial charge on any atom is 0.231 e. The number of rotatable bonds is 6. The van der Waals surface area contributed by atoms with Crippen LogP contribution < -0.4 is 14.8 Å². The molecule has 2 rings (SSSR count). The number of benzene rings is 1. The number of aliphatic hydroxyl groups excluding tert-OH is 1. The van der Waals surface area contributed by atoms with Gasteiger partial charge in [0.05, 0.1) is 10.6 Å². The maximum absolute atomic E-state index is 9.62. The summed E-state index contributed by atoms with van der Waals surface area (Å²) in [6.07, 6.45) is 1.56. The molecule has 1 aliphatic rings. The second-order valence-corrected chi connectivity index (χ2v) is 5.24. The van der Waals surface area contributed by atoms with Crippen molar-refractivity contribution in [3.05, 3.63) is 22.2 Å². The molecule has 2 N–H and O–H groups in total. The van der Waals surface area contributed by atoms with Gasteiger partial charge in [-0.25, -0.2) is 0 Å². The first-order valence-electron chi connectivity index (χ1n) is 6.17. The Balaban J connectivity index is 1.88. The van der Waals surface area contributed by atoms with Gasteiger partial charge in [-0.05, 0) is 40.0 Å². The molecule has 100 valence electrons. The Morgan fingerprint density at radius 1 is 1.44 bits per heavy atom. The molecule has 0 amide bonds. The van der Waals surface area contributed by atoms with Crippen LogP contribution >= 0.6 is 15.9 Å². The van der Waals surface area contributed by atoms with Gasteiger partial charge in [0.25, 0.3) is 0 Å². The van der Waals surface area contributed by atoms with E-state index in [2.05, 4.69) is 28.2 Å². The fraction of sp³-hybridized carbons (Fsp3) is 0.538. The van der Waals surface area contributed by atoms with Crippen LogP contribution in [0.2, 0.25) is 0 Å². The van der Waals surface area contributed by atoms with Gasteiger partial charge in [0.1, 0.15) is 0 Å². The Bertz CT molecular complexity index is 411. The Hall–Kier alpha value is -0.780. The molecule has 1 atom stereocenters. The van der Waals surface area contributed by atoms with Crippen molar-refractivity contribution in [3.8, 4) is 11.5 Å². The van der Waals surface area contributed by atoms with Crippen molar-refractivity contribution >= 4 is 15.9 Å². The predicted octanol–water partition coefficient (Wildman–Crippen LogP) is 2.43. The van der Waals surface area contributed by atoms with E-state index in [9.17, 15) is 5.11 Å². The SMILES string of the molecule is CCCC(O)CNCc1cc(Br)c2c(c1)OCO2. The average Bonchev–Trinajstić information content (AvgIpc) is 2.78. The smallest absolute Gasteiger partial charge is 0.231 e. The van der Waals surface area contributed by atoms with Crippen LogP contribution in [0.15, 0.2) is 16.6 Å². The lowest BCUT2D eigenvalue weighted by Gasteiger charge is -2.11. The Kier molecular flexibility index (Phi) is 4.86. The van der Waals surface area contributed by atoms with Crippen molar-refractivity contribution in [1.82, 2.24) is 5.32 Å². The molecule has 0 aliphatic carbocycles. The molecule has 1 aromatic rings. The number of nitrogens with one attached hydrogen (secondary N) is 1. The molecule has 4 nitrogen and oxygen atoms in total. The normalized spacial score (nSPS) is 14.8. The van der Waals surface area contributed by atoms with E-state index in [1.165, 1.54) is 0 Å². The topological polar surface area (TPSA) is 50.7 Å². The zero-order valence-corrected chi connectivity index (χ0v) is 12.0. The highest BCUT2D eigenvalue weighted by molar-refractivity contribution is 9.10. The first kappa shape index (κ1) is 13.6. The summed E-state index contributed by atoms with van der Waals surface area (Å²) in [7, 11) is 0. The number of hydrogen-bond donors (Lipinski definition) is 2. The highest BCUT2D eigenvalue weighted by atomic mass is 79.9. The van der Waals surface area contributed by atoms with Gasteiger partial charge in [-0.15, -0.1) is 0 Å². The molecular weight excluding hydrogens is 298 g/mol. The van der Waals surface area contributed by atoms with Crippen LogP contribution in [0.1, 0.15) is 25.3 Å². The van der Waals surface area contributed by atoms with E-state index >= 15 is 0 Å². The molecule has 0 fully saturated rings. The molecular formula is C13H18BrNO3. The third kappa shape index (κ3) is 3.37. The van der Waals surface area contributed by atoms with Gasteiger partial charge >= 0.3 is 0 Å². The quantitative estimate of drug-likeness (QED) is 0.846. The van der Waals surface area contributed by atoms with Crippen LogP contribution in [0.3, 0.4) is 0 Å². The fourth-order valence-electron chi connectivity index (χ4n) is 1.94. The molecule has 1 aromatic carbocycles. The fourth-order valence-corrected chi connectivity index (χ4v) is 2.55. The van der Waals surface area contributed by atoms with Crippen LogP contribution in [0, 0.1) is 0 Å². The van der Waals surface area contributed by atoms with Gasteiger partial charge in [-0.1, -0.05) is 13.3 Å². The first-order chi connectivity index (χ1) is 8.70. The zero-order chi connectivity index (χ0) is 13.0. The summed E-state index contributed by atoms with van der Waals surface area (Å²) in [5.41, 5.74) is 1.11. The van der Waals surface area contributed by atoms with Gasteiger partial charge in [-0.3, -0.25) is 0 Å². The van der Waals surface area contributed by atoms with E-state index in [0.29, 0.717) is 13.1 Å². The van der Waals surface area contributed by atoms with Crippen LogP contribution in [0.25, 0.3) is 0 Å². The first-order valence-corrected chi connectivity index (χ1v) is 6.96. The largest absolute Gasteiger partial charge is 0.454 e. The standard InChI is InChI=1S/C13H18BrNO3/c1-2-3-10(16)7-15-6-9-4-11(14)13-12(5-9)17-8-18-13/h4-5,10,15-16H,2-3,6-8H2,1H3. The molecule has 1 heterocycles. The highest BCUT2D eigenvalue weighted by Gasteiger charge is 2.17. The Morgan fingerprint density at radius 3 is 3.06 bits per heavy atom. The molecule has 1 unspecified atom stereocenters. The average molecular weight is 316 g/mol. The number of ether oxygens (including phenoxy) is 2. The maximum atomic E-state index is 9.62. The van der Waals surface area contributed by atoms with E-state index in [1.54, 1.807) is 0 Å². The molecule has 0 saturated heterocycles. The van der Waals surface area contributed by atoms with E-state index in [-0.39, 0.29) is 12.9 Å². The molecule has 0 bridgehead atoms. The lowest BCUT2D eigenvalue weighted by molar-refractivity contribution is 0.160. The summed E-state index contributed by atoms with van der Waals surface area (Å²) in [5.74, 6) is 1.54.